The quantitative estimate of drug-likeness (QED) is 0.0682. The lowest BCUT2D eigenvalue weighted by Crippen LogP contribution is -2.44. The summed E-state index contributed by atoms with van der Waals surface area (Å²) < 4.78 is 50.4. The van der Waals surface area contributed by atoms with Gasteiger partial charge in [0, 0.05) is 46.6 Å². The van der Waals surface area contributed by atoms with E-state index in [1.807, 2.05) is 23.6 Å². The van der Waals surface area contributed by atoms with Gasteiger partial charge in [0.25, 0.3) is 5.91 Å². The molecule has 5 aromatic rings. The summed E-state index contributed by atoms with van der Waals surface area (Å²) in [5.74, 6) is -2.73. The molecule has 0 spiro atoms. The molecule has 58 heavy (non-hydrogen) atoms. The first-order valence-corrected chi connectivity index (χ1v) is 18.0. The van der Waals surface area contributed by atoms with Gasteiger partial charge in [0.15, 0.2) is 6.61 Å². The normalized spacial score (nSPS) is 13.4. The molecule has 0 unspecified atom stereocenters. The zero-order valence-electron chi connectivity index (χ0n) is 30.9. The number of anilines is 4. The summed E-state index contributed by atoms with van der Waals surface area (Å²) in [6.45, 7) is 0.0599. The number of rotatable bonds is 15. The first-order chi connectivity index (χ1) is 27.7. The number of carbonyl (C=O) groups excluding carboxylic acids is 4. The standard InChI is InChI=1S/C38H36ClF3N10O6/c1-22-43-19-20-52(22)28-13-11-26(12-14-28)45-32(55)31(54)44-18-15-29(33(56)57-2)47-30(53)23-3-9-27(10-4-23)46-34-48-35(50-36(49-34)58-21-38(40,41)42)51-37(16-17-37)24-5-7-25(39)8-6-24/h3-14,19-20,29H,15-18,21H2,1-2H3,(H,44,54)(H,45,55)(H,47,53)(H2,46,48,49,50,51)/t29-/m0/s1. The molecule has 5 N–H and O–H groups in total. The molecule has 16 nitrogen and oxygen atoms in total. The minimum atomic E-state index is -4.64. The number of halogens is 4. The SMILES string of the molecule is COC(=O)[C@H](CCNC(=O)C(=O)Nc1ccc(-n2ccnc2C)cc1)NC(=O)c1ccc(Nc2nc(NC3(c4ccc(Cl)cc4)CC3)nc(OCC(F)(F)F)n2)cc1. The Morgan fingerprint density at radius 3 is 2.19 bits per heavy atom. The van der Waals surface area contributed by atoms with Gasteiger partial charge >= 0.3 is 30.0 Å². The van der Waals surface area contributed by atoms with Crippen LogP contribution in [0, 0.1) is 6.92 Å². The zero-order valence-corrected chi connectivity index (χ0v) is 31.6. The predicted molar refractivity (Wildman–Crippen MR) is 205 cm³/mol. The summed E-state index contributed by atoms with van der Waals surface area (Å²) in [7, 11) is 1.14. The average Bonchev–Trinajstić information content (AvgIpc) is 3.85. The van der Waals surface area contributed by atoms with Crippen LogP contribution in [0.4, 0.5) is 36.4 Å². The van der Waals surface area contributed by atoms with Gasteiger partial charge in [-0.25, -0.2) is 9.78 Å². The number of ether oxygens (including phenoxy) is 2. The molecule has 1 atom stereocenters. The molecule has 0 aliphatic heterocycles. The number of esters is 1. The average molecular weight is 821 g/mol. The fourth-order valence-electron chi connectivity index (χ4n) is 5.69. The number of benzene rings is 3. The maximum atomic E-state index is 13.1. The minimum Gasteiger partial charge on any atom is -0.467 e. The monoisotopic (exact) mass is 820 g/mol. The maximum Gasteiger partial charge on any atom is 0.422 e. The van der Waals surface area contributed by atoms with Crippen LogP contribution in [0.1, 0.15) is 41.0 Å². The maximum absolute atomic E-state index is 13.1. The Kier molecular flexibility index (Phi) is 12.4. The fourth-order valence-corrected chi connectivity index (χ4v) is 5.82. The number of aromatic nitrogens is 5. The Bertz CT molecular complexity index is 2270. The third kappa shape index (κ3) is 10.8. The van der Waals surface area contributed by atoms with Crippen LogP contribution in [0.25, 0.3) is 5.69 Å². The summed E-state index contributed by atoms with van der Waals surface area (Å²) in [5.41, 5.74) is 2.01. The lowest BCUT2D eigenvalue weighted by atomic mass is 10.1. The topological polar surface area (TPSA) is 203 Å². The van der Waals surface area contributed by atoms with Crippen LogP contribution in [-0.4, -0.2) is 80.7 Å². The Hall–Kier alpha value is -6.76. The lowest BCUT2D eigenvalue weighted by Gasteiger charge is -2.19. The van der Waals surface area contributed by atoms with E-state index in [0.29, 0.717) is 29.2 Å². The molecule has 3 amide bonds. The number of hydrogen-bond donors (Lipinski definition) is 5. The Labute approximate surface area is 333 Å². The molecule has 0 radical (unpaired) electrons. The van der Waals surface area contributed by atoms with Crippen LogP contribution < -0.4 is 31.3 Å². The van der Waals surface area contributed by atoms with Gasteiger partial charge in [0.1, 0.15) is 11.9 Å². The first-order valence-electron chi connectivity index (χ1n) is 17.7. The minimum absolute atomic E-state index is 0.0318. The van der Waals surface area contributed by atoms with Crippen molar-refractivity contribution in [2.75, 3.05) is 36.2 Å². The number of nitrogens with zero attached hydrogens (tertiary/aromatic N) is 5. The van der Waals surface area contributed by atoms with Gasteiger partial charge in [0.05, 0.1) is 12.6 Å². The van der Waals surface area contributed by atoms with Crippen molar-refractivity contribution in [1.82, 2.24) is 35.1 Å². The molecule has 0 bridgehead atoms. The van der Waals surface area contributed by atoms with Gasteiger partial charge in [0.2, 0.25) is 11.9 Å². The third-order valence-corrected chi connectivity index (χ3v) is 9.08. The van der Waals surface area contributed by atoms with Crippen molar-refractivity contribution in [3.63, 3.8) is 0 Å². The van der Waals surface area contributed by atoms with Crippen molar-refractivity contribution in [3.8, 4) is 11.7 Å². The second-order valence-corrected chi connectivity index (χ2v) is 13.5. The van der Waals surface area contributed by atoms with Gasteiger partial charge < -0.3 is 40.6 Å². The summed E-state index contributed by atoms with van der Waals surface area (Å²) in [4.78, 5) is 67.2. The molecule has 2 aromatic heterocycles. The summed E-state index contributed by atoms with van der Waals surface area (Å²) >= 11 is 6.04. The first kappa shape index (κ1) is 40.9. The van der Waals surface area contributed by atoms with Gasteiger partial charge in [-0.3, -0.25) is 14.4 Å². The number of methoxy groups -OCH3 is 1. The van der Waals surface area contributed by atoms with E-state index in [2.05, 4.69) is 46.5 Å². The van der Waals surface area contributed by atoms with E-state index in [-0.39, 0.29) is 30.4 Å². The molecule has 6 rings (SSSR count). The van der Waals surface area contributed by atoms with E-state index in [0.717, 1.165) is 24.2 Å². The Morgan fingerprint density at radius 2 is 1.57 bits per heavy atom. The van der Waals surface area contributed by atoms with Crippen molar-refractivity contribution < 1.29 is 41.8 Å². The highest BCUT2D eigenvalue weighted by atomic mass is 35.5. The number of imidazole rings is 1. The van der Waals surface area contributed by atoms with Crippen LogP contribution in [0.5, 0.6) is 6.01 Å². The highest BCUT2D eigenvalue weighted by molar-refractivity contribution is 6.39. The smallest absolute Gasteiger partial charge is 0.422 e. The van der Waals surface area contributed by atoms with Gasteiger partial charge in [-0.2, -0.15) is 28.1 Å². The van der Waals surface area contributed by atoms with E-state index in [9.17, 15) is 32.3 Å². The molecule has 0 saturated heterocycles. The van der Waals surface area contributed by atoms with Crippen LogP contribution in [0.2, 0.25) is 5.02 Å². The van der Waals surface area contributed by atoms with Crippen molar-refractivity contribution in [2.24, 2.45) is 0 Å². The molecule has 3 aromatic carbocycles. The van der Waals surface area contributed by atoms with Crippen LogP contribution >= 0.6 is 11.6 Å². The highest BCUT2D eigenvalue weighted by Gasteiger charge is 2.45. The second kappa shape index (κ2) is 17.6. The largest absolute Gasteiger partial charge is 0.467 e. The number of carbonyl (C=O) groups is 4. The Balaban J connectivity index is 1.04. The summed E-state index contributed by atoms with van der Waals surface area (Å²) in [6, 6.07) is 17.9. The third-order valence-electron chi connectivity index (χ3n) is 8.83. The van der Waals surface area contributed by atoms with Crippen molar-refractivity contribution in [1.29, 1.82) is 0 Å². The number of alkyl halides is 3. The molecule has 2 heterocycles. The Morgan fingerprint density at radius 1 is 0.897 bits per heavy atom. The van der Waals surface area contributed by atoms with E-state index in [1.165, 1.54) is 24.3 Å². The molecule has 1 aliphatic rings. The summed E-state index contributed by atoms with van der Waals surface area (Å²) in [5, 5.41) is 14.1. The van der Waals surface area contributed by atoms with E-state index < -0.39 is 54.1 Å². The van der Waals surface area contributed by atoms with Gasteiger partial charge in [-0.1, -0.05) is 23.7 Å². The van der Waals surface area contributed by atoms with E-state index in [1.54, 1.807) is 48.8 Å². The molecule has 302 valence electrons. The molecule has 20 heteroatoms. The predicted octanol–water partition coefficient (Wildman–Crippen LogP) is 5.22. The molecular weight excluding hydrogens is 785 g/mol. The van der Waals surface area contributed by atoms with Gasteiger partial charge in [-0.05, 0) is 92.4 Å². The molecule has 1 saturated carbocycles. The molecule has 1 aliphatic carbocycles. The van der Waals surface area contributed by atoms with E-state index >= 15 is 0 Å². The number of hydrogen-bond acceptors (Lipinski definition) is 12. The van der Waals surface area contributed by atoms with Crippen molar-refractivity contribution in [2.45, 2.75) is 43.9 Å². The van der Waals surface area contributed by atoms with Crippen LogP contribution in [0.15, 0.2) is 85.2 Å². The fraction of sp³-hybridized carbons (Fsp3) is 0.263. The molecule has 1 fully saturated rings. The number of aryl methyl sites for hydroxylation is 1. The highest BCUT2D eigenvalue weighted by Crippen LogP contribution is 2.48. The van der Waals surface area contributed by atoms with Crippen LogP contribution in [0.3, 0.4) is 0 Å². The summed E-state index contributed by atoms with van der Waals surface area (Å²) in [6.07, 6.45) is 0.116. The second-order valence-electron chi connectivity index (χ2n) is 13.0. The van der Waals surface area contributed by atoms with Crippen molar-refractivity contribution in [3.05, 3.63) is 107 Å². The lowest BCUT2D eigenvalue weighted by molar-refractivity contribution is -0.154. The van der Waals surface area contributed by atoms with Crippen LogP contribution in [-0.2, 0) is 24.7 Å². The van der Waals surface area contributed by atoms with Gasteiger partial charge in [-0.15, -0.1) is 0 Å². The number of nitrogens with one attached hydrogen (secondary N) is 5. The number of amides is 3. The van der Waals surface area contributed by atoms with E-state index in [4.69, 9.17) is 21.1 Å². The van der Waals surface area contributed by atoms with Crippen molar-refractivity contribution >= 4 is 58.6 Å². The molecular formula is C38H36ClF3N10O6. The zero-order chi connectivity index (χ0) is 41.5.